The minimum Gasteiger partial charge on any atom is -0.405 e. The number of nitrogens with zero attached hydrogens (tertiary/aromatic N) is 9. The lowest BCUT2D eigenvalue weighted by molar-refractivity contribution is -0.274. The molecule has 8 rings (SSSR count). The summed E-state index contributed by atoms with van der Waals surface area (Å²) >= 11 is 0. The van der Waals surface area contributed by atoms with Crippen LogP contribution in [-0.4, -0.2) is 110 Å². The van der Waals surface area contributed by atoms with Gasteiger partial charge in [0.2, 0.25) is 0 Å². The first-order valence-electron chi connectivity index (χ1n) is 18.5. The van der Waals surface area contributed by atoms with E-state index in [2.05, 4.69) is 31.8 Å². The van der Waals surface area contributed by atoms with Gasteiger partial charge in [-0.1, -0.05) is 24.3 Å². The molecule has 288 valence electrons. The van der Waals surface area contributed by atoms with E-state index in [4.69, 9.17) is 4.98 Å². The number of benzene rings is 3. The zero-order chi connectivity index (χ0) is 38.6. The van der Waals surface area contributed by atoms with Gasteiger partial charge in [-0.05, 0) is 49.7 Å². The number of ether oxygens (including phenoxy) is 1. The molecule has 4 heterocycles. The molecule has 15 heteroatoms. The smallest absolute Gasteiger partial charge is 0.405 e. The monoisotopic (exact) mass is 757 g/mol. The van der Waals surface area contributed by atoms with Crippen molar-refractivity contribution in [2.45, 2.75) is 44.4 Å². The van der Waals surface area contributed by atoms with Crippen LogP contribution in [0.3, 0.4) is 0 Å². The van der Waals surface area contributed by atoms with Crippen molar-refractivity contribution >= 4 is 27.7 Å². The Bertz CT molecular complexity index is 2350. The summed E-state index contributed by atoms with van der Waals surface area (Å²) in [5.41, 5.74) is 4.45. The van der Waals surface area contributed by atoms with Crippen LogP contribution in [0.4, 0.5) is 17.6 Å². The van der Waals surface area contributed by atoms with Crippen molar-refractivity contribution < 1.29 is 27.1 Å². The number of alkyl halides is 4. The van der Waals surface area contributed by atoms with E-state index in [1.165, 1.54) is 11.0 Å². The Morgan fingerprint density at radius 1 is 0.909 bits per heavy atom. The van der Waals surface area contributed by atoms with E-state index in [9.17, 15) is 18.0 Å². The van der Waals surface area contributed by atoms with Gasteiger partial charge >= 0.3 is 6.36 Å². The maximum absolute atomic E-state index is 15.6. The Labute approximate surface area is 315 Å². The summed E-state index contributed by atoms with van der Waals surface area (Å²) in [7, 11) is 7.26. The lowest BCUT2D eigenvalue weighted by Crippen LogP contribution is -2.45. The molecule has 1 amide bonds. The molecule has 2 aliphatic rings. The van der Waals surface area contributed by atoms with Gasteiger partial charge < -0.3 is 19.1 Å². The molecular formula is C40H43F4N9O2. The van der Waals surface area contributed by atoms with Gasteiger partial charge in [0, 0.05) is 106 Å². The predicted octanol–water partition coefficient (Wildman–Crippen LogP) is 6.89. The first-order valence-corrected chi connectivity index (χ1v) is 18.5. The number of piperazine rings is 1. The van der Waals surface area contributed by atoms with Crippen molar-refractivity contribution in [2.75, 3.05) is 53.9 Å². The van der Waals surface area contributed by atoms with Gasteiger partial charge in [-0.15, -0.1) is 13.2 Å². The Morgan fingerprint density at radius 2 is 1.64 bits per heavy atom. The van der Waals surface area contributed by atoms with E-state index in [1.807, 2.05) is 36.0 Å². The summed E-state index contributed by atoms with van der Waals surface area (Å²) in [6.45, 7) is 5.22. The van der Waals surface area contributed by atoms with Gasteiger partial charge in [0.15, 0.2) is 0 Å². The third-order valence-corrected chi connectivity index (χ3v) is 10.6. The van der Waals surface area contributed by atoms with E-state index in [0.717, 1.165) is 62.2 Å². The standard InChI is InChI=1S/C40H43F4N9O2/c1-48(2)39(54)27-12-8-25(9-13-27)32(41)24-53-23-31-29(6-5-7-33(31)46-53)36-37(26-10-11-26)50(4)38(45-36)30-20-28-22-52(19-18-51-16-14-49(3)15-17-51)47-34(28)21-35(30)55-40(42,43)44/h5-9,12-13,20-23,26,32H,10-11,14-19,24H2,1-4H3. The van der Waals surface area contributed by atoms with E-state index in [1.54, 1.807) is 60.0 Å². The molecule has 0 spiro atoms. The number of halogens is 4. The highest BCUT2D eigenvalue weighted by Gasteiger charge is 2.36. The molecule has 6 aromatic rings. The van der Waals surface area contributed by atoms with Crippen LogP contribution in [0.2, 0.25) is 0 Å². The number of carbonyl (C=O) groups excluding carboxylic acids is 1. The summed E-state index contributed by atoms with van der Waals surface area (Å²) < 4.78 is 67.2. The molecule has 1 aliphatic carbocycles. The van der Waals surface area contributed by atoms with E-state index < -0.39 is 12.5 Å². The van der Waals surface area contributed by atoms with Crippen LogP contribution in [0.5, 0.6) is 5.75 Å². The summed E-state index contributed by atoms with van der Waals surface area (Å²) in [6.07, 6.45) is -0.818. The van der Waals surface area contributed by atoms with Crippen LogP contribution in [0, 0.1) is 0 Å². The molecular weight excluding hydrogens is 714 g/mol. The number of imidazole rings is 1. The van der Waals surface area contributed by atoms with E-state index >= 15 is 4.39 Å². The van der Waals surface area contributed by atoms with Crippen molar-refractivity contribution in [2.24, 2.45) is 7.05 Å². The molecule has 1 saturated carbocycles. The van der Waals surface area contributed by atoms with Gasteiger partial charge in [-0.2, -0.15) is 10.2 Å². The van der Waals surface area contributed by atoms with Gasteiger partial charge in [0.25, 0.3) is 5.91 Å². The van der Waals surface area contributed by atoms with Gasteiger partial charge in [-0.3, -0.25) is 19.1 Å². The Hall–Kier alpha value is -5.28. The molecule has 1 saturated heterocycles. The lowest BCUT2D eigenvalue weighted by Gasteiger charge is -2.32. The van der Waals surface area contributed by atoms with Gasteiger partial charge in [0.1, 0.15) is 17.7 Å². The van der Waals surface area contributed by atoms with Crippen molar-refractivity contribution in [3.05, 3.63) is 83.8 Å². The summed E-state index contributed by atoms with van der Waals surface area (Å²) in [5.74, 6) is -0.0146. The molecule has 1 unspecified atom stereocenters. The first-order chi connectivity index (χ1) is 26.3. The number of carbonyl (C=O) groups is 1. The van der Waals surface area contributed by atoms with Crippen LogP contribution in [0.1, 0.15) is 46.5 Å². The van der Waals surface area contributed by atoms with Crippen LogP contribution in [0.25, 0.3) is 44.5 Å². The number of rotatable bonds is 11. The average Bonchev–Trinajstić information content (AvgIpc) is 3.62. The van der Waals surface area contributed by atoms with Crippen molar-refractivity contribution in [1.82, 2.24) is 43.8 Å². The zero-order valence-electron chi connectivity index (χ0n) is 31.2. The average molecular weight is 758 g/mol. The van der Waals surface area contributed by atoms with E-state index in [-0.39, 0.29) is 29.7 Å². The number of likely N-dealkylation sites (N-methyl/N-ethyl adjacent to an activating group) is 1. The highest BCUT2D eigenvalue weighted by Crippen LogP contribution is 2.48. The fraction of sp³-hybridized carbons (Fsp3) is 0.400. The summed E-state index contributed by atoms with van der Waals surface area (Å²) in [6, 6.07) is 15.1. The third-order valence-electron chi connectivity index (χ3n) is 10.6. The SMILES string of the molecule is CN1CCN(CCn2cc3cc(-c4nc(-c5cccc6nn(CC(F)c7ccc(C(=O)N(C)C)cc7)cc56)c(C5CC5)n4C)c(OC(F)(F)F)cc3n2)CC1. The third kappa shape index (κ3) is 7.67. The normalized spacial score (nSPS) is 16.3. The van der Waals surface area contributed by atoms with Gasteiger partial charge in [-0.25, -0.2) is 9.37 Å². The summed E-state index contributed by atoms with van der Waals surface area (Å²) in [4.78, 5) is 23.5. The number of hydrogen-bond donors (Lipinski definition) is 0. The highest BCUT2D eigenvalue weighted by atomic mass is 19.4. The molecule has 11 nitrogen and oxygen atoms in total. The highest BCUT2D eigenvalue weighted by molar-refractivity contribution is 5.95. The van der Waals surface area contributed by atoms with E-state index in [0.29, 0.717) is 45.6 Å². The quantitative estimate of drug-likeness (QED) is 0.133. The molecule has 55 heavy (non-hydrogen) atoms. The topological polar surface area (TPSA) is 89.5 Å². The van der Waals surface area contributed by atoms with Crippen LogP contribution >= 0.6 is 0 Å². The largest absolute Gasteiger partial charge is 0.573 e. The molecule has 1 atom stereocenters. The number of amides is 1. The first kappa shape index (κ1) is 36.7. The molecule has 0 N–H and O–H groups in total. The minimum absolute atomic E-state index is 0.0563. The van der Waals surface area contributed by atoms with Crippen LogP contribution in [-0.2, 0) is 20.1 Å². The second-order valence-corrected chi connectivity index (χ2v) is 14.9. The Balaban J connectivity index is 1.13. The molecule has 0 bridgehead atoms. The van der Waals surface area contributed by atoms with Crippen molar-refractivity contribution in [3.8, 4) is 28.4 Å². The maximum atomic E-state index is 15.6. The molecule has 2 fully saturated rings. The molecule has 1 aliphatic heterocycles. The van der Waals surface area contributed by atoms with Gasteiger partial charge in [0.05, 0.1) is 35.4 Å². The number of fused-ring (bicyclic) bond motifs is 2. The fourth-order valence-corrected chi connectivity index (χ4v) is 7.45. The second-order valence-electron chi connectivity index (χ2n) is 14.9. The second kappa shape index (κ2) is 14.4. The maximum Gasteiger partial charge on any atom is 0.573 e. The van der Waals surface area contributed by atoms with Crippen molar-refractivity contribution in [1.29, 1.82) is 0 Å². The molecule has 0 radical (unpaired) electrons. The number of aromatic nitrogens is 6. The molecule has 3 aromatic carbocycles. The summed E-state index contributed by atoms with van der Waals surface area (Å²) in [5, 5.41) is 10.7. The fourth-order valence-electron chi connectivity index (χ4n) is 7.45. The molecule has 3 aromatic heterocycles. The Morgan fingerprint density at radius 3 is 2.33 bits per heavy atom. The Kier molecular flexibility index (Phi) is 9.62. The van der Waals surface area contributed by atoms with Crippen LogP contribution < -0.4 is 4.74 Å². The minimum atomic E-state index is -4.93. The zero-order valence-corrected chi connectivity index (χ0v) is 31.2. The van der Waals surface area contributed by atoms with Crippen molar-refractivity contribution in [3.63, 3.8) is 0 Å². The lowest BCUT2D eigenvalue weighted by atomic mass is 10.0. The van der Waals surface area contributed by atoms with Crippen LogP contribution in [0.15, 0.2) is 67.0 Å². The number of hydrogen-bond acceptors (Lipinski definition) is 7. The predicted molar refractivity (Wildman–Crippen MR) is 202 cm³/mol.